The molecule has 2 amide bonds. The van der Waals surface area contributed by atoms with Crippen LogP contribution in [0.1, 0.15) is 23.7 Å². The molecule has 0 unspecified atom stereocenters. The van der Waals surface area contributed by atoms with E-state index in [2.05, 4.69) is 10.6 Å². The summed E-state index contributed by atoms with van der Waals surface area (Å²) in [6, 6.07) is 3.21. The van der Waals surface area contributed by atoms with Crippen LogP contribution in [0.3, 0.4) is 0 Å². The number of nitrogen functional groups attached to an aromatic ring is 1. The molecule has 0 aliphatic heterocycles. The van der Waals surface area contributed by atoms with Crippen LogP contribution in [0.2, 0.25) is 0 Å². The second-order valence-corrected chi connectivity index (χ2v) is 4.43. The van der Waals surface area contributed by atoms with Crippen LogP contribution in [-0.2, 0) is 14.3 Å². The van der Waals surface area contributed by atoms with Gasteiger partial charge in [-0.25, -0.2) is 9.18 Å². The summed E-state index contributed by atoms with van der Waals surface area (Å²) in [7, 11) is 0. The number of anilines is 1. The minimum atomic E-state index is -0.844. The maximum atomic E-state index is 12.9. The standard InChI is InChI=1S/C14H18FN3O4/c1-2-5-17-12(19)7-18-13(20)8-22-14(21)10-4-3-9(15)6-11(10)16/h3-4,6H,2,5,7-8,16H2,1H3,(H,17,19)(H,18,20). The van der Waals surface area contributed by atoms with E-state index in [9.17, 15) is 18.8 Å². The average molecular weight is 311 g/mol. The van der Waals surface area contributed by atoms with E-state index in [1.165, 1.54) is 6.07 Å². The Morgan fingerprint density at radius 3 is 2.59 bits per heavy atom. The number of hydrogen-bond donors (Lipinski definition) is 3. The van der Waals surface area contributed by atoms with Gasteiger partial charge in [-0.1, -0.05) is 6.92 Å². The Labute approximate surface area is 127 Å². The Hall–Kier alpha value is -2.64. The van der Waals surface area contributed by atoms with Crippen LogP contribution in [0.4, 0.5) is 10.1 Å². The van der Waals surface area contributed by atoms with Gasteiger partial charge in [-0.2, -0.15) is 0 Å². The van der Waals surface area contributed by atoms with Crippen LogP contribution in [0.5, 0.6) is 0 Å². The lowest BCUT2D eigenvalue weighted by molar-refractivity contribution is -0.127. The minimum Gasteiger partial charge on any atom is -0.452 e. The van der Waals surface area contributed by atoms with Crippen molar-refractivity contribution >= 4 is 23.5 Å². The lowest BCUT2D eigenvalue weighted by Crippen LogP contribution is -2.38. The summed E-state index contributed by atoms with van der Waals surface area (Å²) >= 11 is 0. The fraction of sp³-hybridized carbons (Fsp3) is 0.357. The largest absolute Gasteiger partial charge is 0.452 e. The topological polar surface area (TPSA) is 111 Å². The second-order valence-electron chi connectivity index (χ2n) is 4.43. The number of nitrogens with two attached hydrogens (primary N) is 1. The predicted octanol–water partition coefficient (Wildman–Crippen LogP) is 0.207. The van der Waals surface area contributed by atoms with Gasteiger partial charge in [0.1, 0.15) is 5.82 Å². The zero-order valence-electron chi connectivity index (χ0n) is 12.1. The third-order valence-corrected chi connectivity index (χ3v) is 2.59. The van der Waals surface area contributed by atoms with Crippen LogP contribution in [0, 0.1) is 5.82 Å². The molecule has 0 aliphatic rings. The molecule has 1 rings (SSSR count). The van der Waals surface area contributed by atoms with Gasteiger partial charge in [-0.05, 0) is 24.6 Å². The zero-order chi connectivity index (χ0) is 16.5. The van der Waals surface area contributed by atoms with Gasteiger partial charge in [0.25, 0.3) is 5.91 Å². The Bertz CT molecular complexity index is 563. The van der Waals surface area contributed by atoms with Crippen molar-refractivity contribution in [3.05, 3.63) is 29.6 Å². The molecule has 7 nitrogen and oxygen atoms in total. The number of halogens is 1. The van der Waals surface area contributed by atoms with Crippen molar-refractivity contribution < 1.29 is 23.5 Å². The Morgan fingerprint density at radius 1 is 1.23 bits per heavy atom. The van der Waals surface area contributed by atoms with Crippen molar-refractivity contribution in [2.45, 2.75) is 13.3 Å². The number of hydrogen-bond acceptors (Lipinski definition) is 5. The molecular formula is C14H18FN3O4. The Balaban J connectivity index is 2.37. The molecule has 120 valence electrons. The normalized spacial score (nSPS) is 9.91. The highest BCUT2D eigenvalue weighted by atomic mass is 19.1. The first-order valence-corrected chi connectivity index (χ1v) is 6.69. The molecule has 0 aromatic heterocycles. The van der Waals surface area contributed by atoms with Gasteiger partial charge in [0, 0.05) is 12.2 Å². The molecule has 0 atom stereocenters. The molecule has 22 heavy (non-hydrogen) atoms. The van der Waals surface area contributed by atoms with E-state index < -0.39 is 24.3 Å². The summed E-state index contributed by atoms with van der Waals surface area (Å²) in [6.45, 7) is 1.67. The number of carbonyl (C=O) groups is 3. The highest BCUT2D eigenvalue weighted by Crippen LogP contribution is 2.14. The molecule has 0 bridgehead atoms. The summed E-state index contributed by atoms with van der Waals surface area (Å²) in [5.74, 6) is -2.38. The number of carbonyl (C=O) groups excluding carboxylic acids is 3. The fourth-order valence-corrected chi connectivity index (χ4v) is 1.49. The lowest BCUT2D eigenvalue weighted by atomic mass is 10.2. The molecule has 0 heterocycles. The summed E-state index contributed by atoms with van der Waals surface area (Å²) in [5.41, 5.74) is 5.37. The summed E-state index contributed by atoms with van der Waals surface area (Å²) in [4.78, 5) is 34.4. The predicted molar refractivity (Wildman–Crippen MR) is 77.4 cm³/mol. The summed E-state index contributed by atoms with van der Waals surface area (Å²) < 4.78 is 17.6. The number of nitrogens with one attached hydrogen (secondary N) is 2. The van der Waals surface area contributed by atoms with Gasteiger partial charge >= 0.3 is 5.97 Å². The third-order valence-electron chi connectivity index (χ3n) is 2.59. The smallest absolute Gasteiger partial charge is 0.340 e. The molecule has 1 aromatic carbocycles. The van der Waals surface area contributed by atoms with Gasteiger partial charge in [0.2, 0.25) is 5.91 Å². The van der Waals surface area contributed by atoms with Gasteiger partial charge in [-0.3, -0.25) is 9.59 Å². The number of rotatable bonds is 7. The molecular weight excluding hydrogens is 293 g/mol. The second kappa shape index (κ2) is 8.60. The molecule has 0 radical (unpaired) electrons. The maximum Gasteiger partial charge on any atom is 0.340 e. The molecule has 1 aromatic rings. The highest BCUT2D eigenvalue weighted by molar-refractivity contribution is 5.96. The van der Waals surface area contributed by atoms with Crippen LogP contribution in [-0.4, -0.2) is 37.5 Å². The zero-order valence-corrected chi connectivity index (χ0v) is 12.1. The molecule has 0 fully saturated rings. The van der Waals surface area contributed by atoms with E-state index in [4.69, 9.17) is 10.5 Å². The first kappa shape index (κ1) is 17.4. The SMILES string of the molecule is CCCNC(=O)CNC(=O)COC(=O)c1ccc(F)cc1N. The van der Waals surface area contributed by atoms with E-state index in [-0.39, 0.29) is 23.7 Å². The van der Waals surface area contributed by atoms with Crippen molar-refractivity contribution in [1.29, 1.82) is 0 Å². The van der Waals surface area contributed by atoms with Crippen LogP contribution in [0.15, 0.2) is 18.2 Å². The number of benzene rings is 1. The number of esters is 1. The first-order valence-electron chi connectivity index (χ1n) is 6.69. The van der Waals surface area contributed by atoms with E-state index in [1.807, 2.05) is 6.92 Å². The Kier molecular flexibility index (Phi) is 6.81. The molecule has 4 N–H and O–H groups in total. The summed E-state index contributed by atoms with van der Waals surface area (Å²) in [5, 5.41) is 4.88. The van der Waals surface area contributed by atoms with Crippen molar-refractivity contribution in [3.8, 4) is 0 Å². The molecule has 0 spiro atoms. The van der Waals surface area contributed by atoms with Crippen LogP contribution < -0.4 is 16.4 Å². The van der Waals surface area contributed by atoms with Gasteiger partial charge in [0.05, 0.1) is 12.1 Å². The lowest BCUT2D eigenvalue weighted by Gasteiger charge is -2.08. The van der Waals surface area contributed by atoms with Crippen molar-refractivity contribution in [1.82, 2.24) is 10.6 Å². The average Bonchev–Trinajstić information content (AvgIpc) is 2.48. The van der Waals surface area contributed by atoms with Gasteiger partial charge in [0.15, 0.2) is 6.61 Å². The first-order chi connectivity index (χ1) is 10.4. The van der Waals surface area contributed by atoms with Gasteiger partial charge in [-0.15, -0.1) is 0 Å². The number of ether oxygens (including phenoxy) is 1. The van der Waals surface area contributed by atoms with Crippen molar-refractivity contribution in [3.63, 3.8) is 0 Å². The third kappa shape index (κ3) is 5.78. The number of amides is 2. The monoisotopic (exact) mass is 311 g/mol. The Morgan fingerprint density at radius 2 is 1.95 bits per heavy atom. The molecule has 0 saturated carbocycles. The van der Waals surface area contributed by atoms with E-state index >= 15 is 0 Å². The van der Waals surface area contributed by atoms with Crippen molar-refractivity contribution in [2.24, 2.45) is 0 Å². The highest BCUT2D eigenvalue weighted by Gasteiger charge is 2.14. The molecule has 0 saturated heterocycles. The van der Waals surface area contributed by atoms with E-state index in [0.29, 0.717) is 6.54 Å². The quantitative estimate of drug-likeness (QED) is 0.492. The fourth-order valence-electron chi connectivity index (χ4n) is 1.49. The molecule has 8 heteroatoms. The van der Waals surface area contributed by atoms with E-state index in [0.717, 1.165) is 18.6 Å². The summed E-state index contributed by atoms with van der Waals surface area (Å²) in [6.07, 6.45) is 0.788. The van der Waals surface area contributed by atoms with Crippen LogP contribution >= 0.6 is 0 Å². The van der Waals surface area contributed by atoms with Gasteiger partial charge < -0.3 is 21.1 Å². The van der Waals surface area contributed by atoms with Crippen molar-refractivity contribution in [2.75, 3.05) is 25.4 Å². The van der Waals surface area contributed by atoms with Crippen LogP contribution in [0.25, 0.3) is 0 Å². The maximum absolute atomic E-state index is 12.9. The minimum absolute atomic E-state index is 0.0325. The van der Waals surface area contributed by atoms with E-state index in [1.54, 1.807) is 0 Å². The molecule has 0 aliphatic carbocycles.